The predicted molar refractivity (Wildman–Crippen MR) is 89.3 cm³/mol. The van der Waals surface area contributed by atoms with Crippen LogP contribution in [0.2, 0.25) is 0 Å². The first kappa shape index (κ1) is 15.2. The van der Waals surface area contributed by atoms with Crippen molar-refractivity contribution in [2.75, 3.05) is 13.1 Å². The van der Waals surface area contributed by atoms with Crippen molar-refractivity contribution in [2.24, 2.45) is 5.92 Å². The van der Waals surface area contributed by atoms with E-state index in [1.165, 1.54) is 5.56 Å². The second-order valence-corrected chi connectivity index (χ2v) is 6.45. The summed E-state index contributed by atoms with van der Waals surface area (Å²) in [5.74, 6) is 1.44. The van der Waals surface area contributed by atoms with E-state index in [-0.39, 0.29) is 12.0 Å². The molecule has 0 unspecified atom stereocenters. The molecule has 3 aromatic rings. The summed E-state index contributed by atoms with van der Waals surface area (Å²) < 4.78 is 5.18. The van der Waals surface area contributed by atoms with Crippen LogP contribution in [0, 0.1) is 12.8 Å². The lowest BCUT2D eigenvalue weighted by atomic mass is 9.94. The third-order valence-electron chi connectivity index (χ3n) is 4.63. The maximum absolute atomic E-state index is 10.5. The van der Waals surface area contributed by atoms with E-state index < -0.39 is 0 Å². The third kappa shape index (κ3) is 3.02. The van der Waals surface area contributed by atoms with Crippen LogP contribution in [0.25, 0.3) is 10.9 Å². The summed E-state index contributed by atoms with van der Waals surface area (Å²) in [5, 5.41) is 15.4. The second kappa shape index (κ2) is 6.30. The Morgan fingerprint density at radius 3 is 2.96 bits per heavy atom. The third-order valence-corrected chi connectivity index (χ3v) is 4.63. The Bertz CT molecular complexity index is 842. The van der Waals surface area contributed by atoms with Crippen molar-refractivity contribution in [3.8, 4) is 0 Å². The Kier molecular flexibility index (Phi) is 4.00. The van der Waals surface area contributed by atoms with Gasteiger partial charge in [-0.2, -0.15) is 4.98 Å². The summed E-state index contributed by atoms with van der Waals surface area (Å²) in [7, 11) is 0. The number of aromatic nitrogens is 3. The molecule has 2 aromatic heterocycles. The first-order valence-electron chi connectivity index (χ1n) is 8.21. The van der Waals surface area contributed by atoms with Gasteiger partial charge in [0.05, 0.1) is 18.2 Å². The number of pyridine rings is 1. The summed E-state index contributed by atoms with van der Waals surface area (Å²) in [6.45, 7) is 3.85. The van der Waals surface area contributed by atoms with Crippen molar-refractivity contribution >= 4 is 10.9 Å². The largest absolute Gasteiger partial charge is 0.391 e. The molecule has 6 nitrogen and oxygen atoms in total. The number of β-amino-alcohol motifs (C(OH)–C–C–N with tert-alkyl or cyclic N) is 1. The Morgan fingerprint density at radius 1 is 1.25 bits per heavy atom. The summed E-state index contributed by atoms with van der Waals surface area (Å²) in [4.78, 5) is 10.8. The molecule has 2 atom stereocenters. The molecule has 0 aliphatic carbocycles. The fourth-order valence-electron chi connectivity index (χ4n) is 3.48. The molecule has 4 rings (SSSR count). The highest BCUT2D eigenvalue weighted by atomic mass is 16.5. The minimum atomic E-state index is -0.346. The van der Waals surface area contributed by atoms with Crippen molar-refractivity contribution in [3.05, 3.63) is 53.8 Å². The predicted octanol–water partition coefficient (Wildman–Crippen LogP) is 1.96. The first-order valence-corrected chi connectivity index (χ1v) is 8.21. The number of rotatable bonds is 4. The molecular formula is C18H20N4O2. The van der Waals surface area contributed by atoms with Crippen molar-refractivity contribution < 1.29 is 9.63 Å². The number of aryl methyl sites for hydroxylation is 1. The number of aliphatic hydroxyl groups excluding tert-OH is 1. The molecule has 3 heterocycles. The van der Waals surface area contributed by atoms with Crippen LogP contribution in [0.4, 0.5) is 0 Å². The van der Waals surface area contributed by atoms with Crippen LogP contribution in [-0.2, 0) is 13.0 Å². The highest BCUT2D eigenvalue weighted by Crippen LogP contribution is 2.26. The van der Waals surface area contributed by atoms with Crippen molar-refractivity contribution in [1.29, 1.82) is 0 Å². The monoisotopic (exact) mass is 324 g/mol. The molecule has 1 saturated heterocycles. The van der Waals surface area contributed by atoms with E-state index in [0.29, 0.717) is 24.8 Å². The molecule has 1 aliphatic heterocycles. The number of aliphatic hydroxyl groups is 1. The Morgan fingerprint density at radius 2 is 2.12 bits per heavy atom. The van der Waals surface area contributed by atoms with Crippen molar-refractivity contribution in [2.45, 2.75) is 26.0 Å². The Balaban J connectivity index is 1.48. The topological polar surface area (TPSA) is 75.3 Å². The minimum absolute atomic E-state index is 0.194. The first-order chi connectivity index (χ1) is 11.7. The maximum atomic E-state index is 10.5. The van der Waals surface area contributed by atoms with Gasteiger partial charge in [0.15, 0.2) is 5.82 Å². The van der Waals surface area contributed by atoms with Crippen LogP contribution in [0.5, 0.6) is 0 Å². The average molecular weight is 324 g/mol. The second-order valence-electron chi connectivity index (χ2n) is 6.45. The van der Waals surface area contributed by atoms with Crippen molar-refractivity contribution in [1.82, 2.24) is 20.0 Å². The van der Waals surface area contributed by atoms with Gasteiger partial charge >= 0.3 is 0 Å². The van der Waals surface area contributed by atoms with Gasteiger partial charge in [-0.1, -0.05) is 23.4 Å². The number of para-hydroxylation sites is 1. The maximum Gasteiger partial charge on any atom is 0.240 e. The van der Waals surface area contributed by atoms with Crippen LogP contribution in [0.15, 0.2) is 41.1 Å². The molecule has 1 fully saturated rings. The number of likely N-dealkylation sites (tertiary alicyclic amines) is 1. The summed E-state index contributed by atoms with van der Waals surface area (Å²) in [6, 6.07) is 10.2. The number of hydrogen-bond donors (Lipinski definition) is 1. The SMILES string of the molecule is Cc1noc(CN2C[C@@H](Cc3ccnc4ccccc34)[C@@H](O)C2)n1. The molecule has 0 radical (unpaired) electrons. The van der Waals surface area contributed by atoms with E-state index in [9.17, 15) is 5.11 Å². The molecule has 0 amide bonds. The number of nitrogens with zero attached hydrogens (tertiary/aromatic N) is 4. The molecule has 0 bridgehead atoms. The van der Waals surface area contributed by atoms with E-state index in [1.54, 1.807) is 0 Å². The lowest BCUT2D eigenvalue weighted by Gasteiger charge is -2.15. The fourth-order valence-corrected chi connectivity index (χ4v) is 3.48. The van der Waals surface area contributed by atoms with E-state index in [1.807, 2.05) is 31.3 Å². The van der Waals surface area contributed by atoms with E-state index >= 15 is 0 Å². The molecule has 6 heteroatoms. The van der Waals surface area contributed by atoms with E-state index in [2.05, 4.69) is 32.2 Å². The highest BCUT2D eigenvalue weighted by Gasteiger charge is 2.32. The van der Waals surface area contributed by atoms with Crippen LogP contribution in [-0.4, -0.2) is 44.3 Å². The highest BCUT2D eigenvalue weighted by molar-refractivity contribution is 5.81. The number of benzene rings is 1. The summed E-state index contributed by atoms with van der Waals surface area (Å²) in [6.07, 6.45) is 2.34. The number of fused-ring (bicyclic) bond motifs is 1. The van der Waals surface area contributed by atoms with Crippen molar-refractivity contribution in [3.63, 3.8) is 0 Å². The van der Waals surface area contributed by atoms with Gasteiger partial charge in [0.2, 0.25) is 5.89 Å². The normalized spacial score (nSPS) is 21.6. The van der Waals surface area contributed by atoms with Gasteiger partial charge in [0.25, 0.3) is 0 Å². The van der Waals surface area contributed by atoms with Gasteiger partial charge in [-0.25, -0.2) is 0 Å². The van der Waals surface area contributed by atoms with Crippen LogP contribution >= 0.6 is 0 Å². The van der Waals surface area contributed by atoms with Gasteiger partial charge < -0.3 is 9.63 Å². The van der Waals surface area contributed by atoms with Gasteiger partial charge in [-0.15, -0.1) is 0 Å². The molecular weight excluding hydrogens is 304 g/mol. The molecule has 1 N–H and O–H groups in total. The van der Waals surface area contributed by atoms with Crippen LogP contribution in [0.3, 0.4) is 0 Å². The van der Waals surface area contributed by atoms with Crippen LogP contribution < -0.4 is 0 Å². The van der Waals surface area contributed by atoms with E-state index in [0.717, 1.165) is 23.9 Å². The zero-order valence-electron chi connectivity index (χ0n) is 13.6. The van der Waals surface area contributed by atoms with Gasteiger partial charge in [-0.3, -0.25) is 9.88 Å². The Hall–Kier alpha value is -2.31. The molecule has 0 spiro atoms. The standard InChI is InChI=1S/C18H20N4O2/c1-12-20-18(24-21-12)11-22-9-14(17(23)10-22)8-13-6-7-19-16-5-3-2-4-15(13)16/h2-7,14,17,23H,8-11H2,1H3/t14-,17+/m1/s1. The number of hydrogen-bond acceptors (Lipinski definition) is 6. The quantitative estimate of drug-likeness (QED) is 0.791. The molecule has 124 valence electrons. The van der Waals surface area contributed by atoms with Crippen LogP contribution in [0.1, 0.15) is 17.3 Å². The average Bonchev–Trinajstić information content (AvgIpc) is 3.14. The Labute approximate surface area is 140 Å². The lowest BCUT2D eigenvalue weighted by Crippen LogP contribution is -2.21. The van der Waals surface area contributed by atoms with Gasteiger partial charge in [-0.05, 0) is 31.0 Å². The van der Waals surface area contributed by atoms with E-state index in [4.69, 9.17) is 4.52 Å². The summed E-state index contributed by atoms with van der Waals surface area (Å²) >= 11 is 0. The fraction of sp³-hybridized carbons (Fsp3) is 0.389. The zero-order valence-corrected chi connectivity index (χ0v) is 13.6. The molecule has 24 heavy (non-hydrogen) atoms. The minimum Gasteiger partial charge on any atom is -0.391 e. The molecule has 0 saturated carbocycles. The van der Waals surface area contributed by atoms with Gasteiger partial charge in [0, 0.05) is 30.6 Å². The summed E-state index contributed by atoms with van der Waals surface area (Å²) in [5.41, 5.74) is 2.24. The van der Waals surface area contributed by atoms with Gasteiger partial charge in [0.1, 0.15) is 0 Å². The smallest absolute Gasteiger partial charge is 0.240 e. The molecule has 1 aliphatic rings. The lowest BCUT2D eigenvalue weighted by molar-refractivity contribution is 0.139. The zero-order chi connectivity index (χ0) is 16.5. The molecule has 1 aromatic carbocycles.